The first-order chi connectivity index (χ1) is 13.2. The number of para-hydroxylation sites is 2. The van der Waals surface area contributed by atoms with Crippen LogP contribution in [0, 0.1) is 12.3 Å². The van der Waals surface area contributed by atoms with Crippen molar-refractivity contribution in [3.63, 3.8) is 0 Å². The van der Waals surface area contributed by atoms with E-state index in [1.165, 1.54) is 11.8 Å². The van der Waals surface area contributed by atoms with E-state index >= 15 is 0 Å². The van der Waals surface area contributed by atoms with E-state index in [2.05, 4.69) is 10.9 Å². The van der Waals surface area contributed by atoms with Crippen molar-refractivity contribution >= 4 is 34.6 Å². The Morgan fingerprint density at radius 3 is 2.67 bits per heavy atom. The van der Waals surface area contributed by atoms with Gasteiger partial charge < -0.3 is 4.74 Å². The zero-order valence-electron chi connectivity index (χ0n) is 15.1. The molecule has 0 aromatic heterocycles. The molecule has 5 heteroatoms. The number of thioether (sulfide) groups is 1. The molecule has 1 saturated heterocycles. The molecule has 2 aromatic carbocycles. The van der Waals surface area contributed by atoms with Crippen molar-refractivity contribution in [2.75, 3.05) is 13.2 Å². The molecule has 0 aliphatic carbocycles. The first kappa shape index (κ1) is 18.8. The summed E-state index contributed by atoms with van der Waals surface area (Å²) in [4.78, 5) is 19.9. The Morgan fingerprint density at radius 1 is 1.19 bits per heavy atom. The smallest absolute Gasteiger partial charge is 0.266 e. The van der Waals surface area contributed by atoms with Crippen LogP contribution in [0.15, 0.2) is 64.5 Å². The summed E-state index contributed by atoms with van der Waals surface area (Å²) in [5.74, 6) is 3.08. The maximum Gasteiger partial charge on any atom is 0.266 e. The molecule has 0 bridgehead atoms. The Balaban J connectivity index is 1.93. The van der Waals surface area contributed by atoms with Gasteiger partial charge in [-0.15, -0.1) is 6.42 Å². The summed E-state index contributed by atoms with van der Waals surface area (Å²) in [5, 5.41) is 0.696. The molecule has 3 rings (SSSR count). The molecular weight excluding hydrogens is 356 g/mol. The SMILES string of the molecule is C#CCOc1ccccc1/C=C1/SC(=Nc2ccccc2)N(CCC)C1=O. The van der Waals surface area contributed by atoms with Crippen LogP contribution in [-0.4, -0.2) is 29.1 Å². The zero-order valence-corrected chi connectivity index (χ0v) is 15.9. The highest BCUT2D eigenvalue weighted by Gasteiger charge is 2.32. The fourth-order valence-electron chi connectivity index (χ4n) is 2.62. The van der Waals surface area contributed by atoms with E-state index in [9.17, 15) is 4.79 Å². The third kappa shape index (κ3) is 4.60. The molecule has 0 spiro atoms. The Hall–Kier alpha value is -2.97. The van der Waals surface area contributed by atoms with Gasteiger partial charge in [0.25, 0.3) is 5.91 Å². The summed E-state index contributed by atoms with van der Waals surface area (Å²) >= 11 is 1.38. The van der Waals surface area contributed by atoms with Crippen LogP contribution < -0.4 is 4.74 Å². The lowest BCUT2D eigenvalue weighted by Crippen LogP contribution is -2.29. The quantitative estimate of drug-likeness (QED) is 0.541. The second-order valence-electron chi connectivity index (χ2n) is 5.83. The van der Waals surface area contributed by atoms with Crippen molar-refractivity contribution in [2.45, 2.75) is 13.3 Å². The van der Waals surface area contributed by atoms with Crippen LogP contribution in [0.25, 0.3) is 6.08 Å². The summed E-state index contributed by atoms with van der Waals surface area (Å²) in [5.41, 5.74) is 1.65. The van der Waals surface area contributed by atoms with Gasteiger partial charge in [0, 0.05) is 12.1 Å². The van der Waals surface area contributed by atoms with E-state index in [-0.39, 0.29) is 12.5 Å². The number of benzene rings is 2. The van der Waals surface area contributed by atoms with E-state index in [0.29, 0.717) is 22.4 Å². The standard InChI is InChI=1S/C22H20N2O2S/c1-3-14-24-21(25)20(27-22(24)23-18-11-6-5-7-12-18)16-17-10-8-9-13-19(17)26-15-4-2/h2,5-13,16H,3,14-15H2,1H3/b20-16+,23-22?. The van der Waals surface area contributed by atoms with Gasteiger partial charge >= 0.3 is 0 Å². The van der Waals surface area contributed by atoms with Crippen molar-refractivity contribution < 1.29 is 9.53 Å². The predicted molar refractivity (Wildman–Crippen MR) is 112 cm³/mol. The number of carbonyl (C=O) groups is 1. The third-order valence-corrected chi connectivity index (χ3v) is 4.84. The van der Waals surface area contributed by atoms with Crippen LogP contribution >= 0.6 is 11.8 Å². The predicted octanol–water partition coefficient (Wildman–Crippen LogP) is 4.71. The summed E-state index contributed by atoms with van der Waals surface area (Å²) in [6.07, 6.45) is 7.98. The average Bonchev–Trinajstić information content (AvgIpc) is 2.97. The van der Waals surface area contributed by atoms with Crippen molar-refractivity contribution in [1.82, 2.24) is 4.90 Å². The van der Waals surface area contributed by atoms with Crippen LogP contribution in [0.5, 0.6) is 5.75 Å². The summed E-state index contributed by atoms with van der Waals surface area (Å²) in [6, 6.07) is 17.2. The van der Waals surface area contributed by atoms with E-state index in [0.717, 1.165) is 17.7 Å². The number of rotatable bonds is 6. The summed E-state index contributed by atoms with van der Waals surface area (Å²) in [7, 11) is 0. The van der Waals surface area contributed by atoms with E-state index in [1.54, 1.807) is 4.90 Å². The molecule has 1 aliphatic heterocycles. The maximum absolute atomic E-state index is 12.9. The molecule has 136 valence electrons. The molecule has 1 aliphatic rings. The normalized spacial score (nSPS) is 16.7. The first-order valence-corrected chi connectivity index (χ1v) is 9.55. The number of nitrogens with zero attached hydrogens (tertiary/aromatic N) is 2. The largest absolute Gasteiger partial charge is 0.480 e. The highest BCUT2D eigenvalue weighted by molar-refractivity contribution is 8.18. The van der Waals surface area contributed by atoms with E-state index in [1.807, 2.05) is 67.6 Å². The lowest BCUT2D eigenvalue weighted by atomic mass is 10.2. The van der Waals surface area contributed by atoms with Gasteiger partial charge in [-0.3, -0.25) is 9.69 Å². The minimum absolute atomic E-state index is 0.0386. The monoisotopic (exact) mass is 376 g/mol. The van der Waals surface area contributed by atoms with Crippen LogP contribution in [0.4, 0.5) is 5.69 Å². The molecule has 0 unspecified atom stereocenters. The maximum atomic E-state index is 12.9. The van der Waals surface area contributed by atoms with Crippen molar-refractivity contribution in [3.05, 3.63) is 65.1 Å². The Morgan fingerprint density at radius 2 is 1.93 bits per heavy atom. The Bertz CT molecular complexity index is 913. The van der Waals surface area contributed by atoms with Gasteiger partial charge in [-0.2, -0.15) is 0 Å². The Kier molecular flexibility index (Phi) is 6.35. The fraction of sp³-hybridized carbons (Fsp3) is 0.182. The number of aliphatic imine (C=N–C) groups is 1. The topological polar surface area (TPSA) is 41.9 Å². The summed E-state index contributed by atoms with van der Waals surface area (Å²) in [6.45, 7) is 2.86. The van der Waals surface area contributed by atoms with Gasteiger partial charge in [-0.05, 0) is 42.5 Å². The molecule has 1 heterocycles. The molecule has 0 atom stereocenters. The molecule has 0 saturated carbocycles. The van der Waals surface area contributed by atoms with Crippen molar-refractivity contribution in [3.8, 4) is 18.1 Å². The first-order valence-electron chi connectivity index (χ1n) is 8.73. The summed E-state index contributed by atoms with van der Waals surface area (Å²) < 4.78 is 5.58. The molecule has 4 nitrogen and oxygen atoms in total. The minimum atomic E-state index is -0.0386. The van der Waals surface area contributed by atoms with Crippen LogP contribution in [0.1, 0.15) is 18.9 Å². The molecular formula is C22H20N2O2S. The van der Waals surface area contributed by atoms with Gasteiger partial charge in [-0.1, -0.05) is 49.2 Å². The van der Waals surface area contributed by atoms with Crippen molar-refractivity contribution in [2.24, 2.45) is 4.99 Å². The number of ether oxygens (including phenoxy) is 1. The van der Waals surface area contributed by atoms with Crippen molar-refractivity contribution in [1.29, 1.82) is 0 Å². The van der Waals surface area contributed by atoms with Crippen LogP contribution in [-0.2, 0) is 4.79 Å². The number of hydrogen-bond acceptors (Lipinski definition) is 4. The molecule has 1 amide bonds. The van der Waals surface area contributed by atoms with Crippen LogP contribution in [0.2, 0.25) is 0 Å². The lowest BCUT2D eigenvalue weighted by Gasteiger charge is -2.13. The highest BCUT2D eigenvalue weighted by atomic mass is 32.2. The van der Waals surface area contributed by atoms with Gasteiger partial charge in [0.05, 0.1) is 10.6 Å². The molecule has 1 fully saturated rings. The van der Waals surface area contributed by atoms with Gasteiger partial charge in [0.15, 0.2) is 5.17 Å². The number of terminal acetylenes is 1. The highest BCUT2D eigenvalue weighted by Crippen LogP contribution is 2.35. The second-order valence-corrected chi connectivity index (χ2v) is 6.84. The average molecular weight is 376 g/mol. The van der Waals surface area contributed by atoms with E-state index < -0.39 is 0 Å². The number of amidine groups is 1. The number of carbonyl (C=O) groups excluding carboxylic acids is 1. The van der Waals surface area contributed by atoms with Crippen LogP contribution in [0.3, 0.4) is 0 Å². The molecule has 2 aromatic rings. The third-order valence-electron chi connectivity index (χ3n) is 3.83. The fourth-order valence-corrected chi connectivity index (χ4v) is 3.63. The van der Waals surface area contributed by atoms with Gasteiger partial charge in [0.2, 0.25) is 0 Å². The van der Waals surface area contributed by atoms with Gasteiger partial charge in [0.1, 0.15) is 12.4 Å². The van der Waals surface area contributed by atoms with Gasteiger partial charge in [-0.25, -0.2) is 4.99 Å². The molecule has 0 N–H and O–H groups in total. The molecule has 27 heavy (non-hydrogen) atoms. The number of amides is 1. The Labute approximate surface area is 163 Å². The second kappa shape index (κ2) is 9.11. The zero-order chi connectivity index (χ0) is 19.1. The van der Waals surface area contributed by atoms with E-state index in [4.69, 9.17) is 11.2 Å². The number of hydrogen-bond donors (Lipinski definition) is 0. The lowest BCUT2D eigenvalue weighted by molar-refractivity contribution is -0.122. The minimum Gasteiger partial charge on any atom is -0.480 e. The molecule has 0 radical (unpaired) electrons.